The molecule has 2 spiro atoms. The highest BCUT2D eigenvalue weighted by Gasteiger charge is 2.78. The van der Waals surface area contributed by atoms with E-state index in [0.717, 1.165) is 48.3 Å². The van der Waals surface area contributed by atoms with Crippen molar-refractivity contribution in [1.29, 1.82) is 0 Å². The highest BCUT2D eigenvalue weighted by Crippen LogP contribution is 2.85. The molecule has 0 aromatic rings. The Kier molecular flexibility index (Phi) is 5.58. The van der Waals surface area contributed by atoms with Gasteiger partial charge in [-0.1, -0.05) is 47.0 Å². The van der Waals surface area contributed by atoms with Gasteiger partial charge in [0.1, 0.15) is 6.10 Å². The minimum absolute atomic E-state index is 0.0758. The minimum Gasteiger partial charge on any atom is -0.463 e. The van der Waals surface area contributed by atoms with Crippen LogP contribution in [0, 0.1) is 51.8 Å². The molecular formula is C29H48O2. The third kappa shape index (κ3) is 3.35. The average Bonchev–Trinajstić information content (AvgIpc) is 3.23. The van der Waals surface area contributed by atoms with Crippen LogP contribution in [0.1, 0.15) is 118 Å². The number of hydrogen-bond donors (Lipinski definition) is 0. The second kappa shape index (κ2) is 7.76. The van der Waals surface area contributed by atoms with Crippen LogP contribution in [0.3, 0.4) is 0 Å². The van der Waals surface area contributed by atoms with Crippen LogP contribution in [0.4, 0.5) is 0 Å². The molecule has 5 aliphatic carbocycles. The smallest absolute Gasteiger partial charge is 0.302 e. The Morgan fingerprint density at radius 1 is 0.935 bits per heavy atom. The van der Waals surface area contributed by atoms with Gasteiger partial charge in [0.15, 0.2) is 0 Å². The molecule has 0 radical (unpaired) electrons. The number of hydrogen-bond acceptors (Lipinski definition) is 2. The van der Waals surface area contributed by atoms with Crippen molar-refractivity contribution in [2.24, 2.45) is 51.8 Å². The first-order valence-corrected chi connectivity index (χ1v) is 13.9. The lowest BCUT2D eigenvalue weighted by Crippen LogP contribution is -2.49. The molecule has 5 saturated carbocycles. The van der Waals surface area contributed by atoms with Crippen molar-refractivity contribution in [2.75, 3.05) is 0 Å². The van der Waals surface area contributed by atoms with E-state index in [2.05, 4.69) is 27.7 Å². The summed E-state index contributed by atoms with van der Waals surface area (Å²) < 4.78 is 5.67. The summed E-state index contributed by atoms with van der Waals surface area (Å²) in [5, 5.41) is 0. The molecule has 0 heterocycles. The predicted molar refractivity (Wildman–Crippen MR) is 127 cm³/mol. The second-order valence-corrected chi connectivity index (χ2v) is 13.5. The molecule has 0 N–H and O–H groups in total. The SMILES string of the molecule is CC(=O)O[C@H]1CC[C@]23C[C@]24CC[C@]2(C)[C@@H]([C@H](C)CCCC(C)C)CC[C@H]2[C@@H]4CC[C@H]3C1. The maximum atomic E-state index is 11.5. The Morgan fingerprint density at radius 2 is 1.71 bits per heavy atom. The molecular weight excluding hydrogens is 380 g/mol. The van der Waals surface area contributed by atoms with E-state index in [1.165, 1.54) is 70.6 Å². The van der Waals surface area contributed by atoms with Gasteiger partial charge >= 0.3 is 5.97 Å². The van der Waals surface area contributed by atoms with Crippen molar-refractivity contribution >= 4 is 5.97 Å². The molecule has 5 aliphatic rings. The van der Waals surface area contributed by atoms with E-state index >= 15 is 0 Å². The molecule has 5 rings (SSSR count). The fraction of sp³-hybridized carbons (Fsp3) is 0.966. The van der Waals surface area contributed by atoms with Crippen molar-refractivity contribution in [3.8, 4) is 0 Å². The molecule has 0 aromatic carbocycles. The number of carbonyl (C=O) groups is 1. The van der Waals surface area contributed by atoms with E-state index in [1.807, 2.05) is 0 Å². The van der Waals surface area contributed by atoms with Crippen LogP contribution in [0.25, 0.3) is 0 Å². The van der Waals surface area contributed by atoms with Gasteiger partial charge in [-0.3, -0.25) is 4.79 Å². The van der Waals surface area contributed by atoms with Gasteiger partial charge in [0.05, 0.1) is 0 Å². The van der Waals surface area contributed by atoms with Crippen LogP contribution in [0.15, 0.2) is 0 Å². The first kappa shape index (κ1) is 22.3. The maximum absolute atomic E-state index is 11.5. The number of carbonyl (C=O) groups excluding carboxylic acids is 1. The van der Waals surface area contributed by atoms with E-state index in [0.29, 0.717) is 16.2 Å². The zero-order valence-corrected chi connectivity index (χ0v) is 21.1. The van der Waals surface area contributed by atoms with E-state index in [9.17, 15) is 4.79 Å². The lowest BCUT2D eigenvalue weighted by atomic mass is 9.49. The maximum Gasteiger partial charge on any atom is 0.302 e. The summed E-state index contributed by atoms with van der Waals surface area (Å²) in [5.74, 6) is 5.48. The van der Waals surface area contributed by atoms with Crippen molar-refractivity contribution < 1.29 is 9.53 Å². The molecule has 0 saturated heterocycles. The summed E-state index contributed by atoms with van der Waals surface area (Å²) in [6.07, 6.45) is 18.5. The molecule has 0 bridgehead atoms. The van der Waals surface area contributed by atoms with Crippen LogP contribution in [0.5, 0.6) is 0 Å². The Balaban J connectivity index is 1.28. The first-order valence-electron chi connectivity index (χ1n) is 13.9. The fourth-order valence-corrected chi connectivity index (χ4v) is 10.5. The molecule has 0 amide bonds. The standard InChI is InChI=1S/C29H48O2/c1-19(2)7-6-8-20(3)24-11-12-25-26-10-9-22-17-23(31-21(4)30)13-14-28(22)18-29(26,28)16-15-27(24,25)5/h19-20,22-26H,6-18H2,1-5H3/t20-,22+,23+,24-,25+,26+,27-,28-,29+/m1/s1. The lowest BCUT2D eigenvalue weighted by Gasteiger charge is -2.56. The average molecular weight is 429 g/mol. The van der Waals surface area contributed by atoms with Gasteiger partial charge in [-0.15, -0.1) is 0 Å². The number of rotatable bonds is 6. The molecule has 0 aromatic heterocycles. The number of fused-ring (bicyclic) bond motifs is 2. The lowest BCUT2D eigenvalue weighted by molar-refractivity contribution is -0.152. The molecule has 2 heteroatoms. The quantitative estimate of drug-likeness (QED) is 0.403. The molecule has 5 fully saturated rings. The van der Waals surface area contributed by atoms with Gasteiger partial charge in [0.2, 0.25) is 0 Å². The summed E-state index contributed by atoms with van der Waals surface area (Å²) >= 11 is 0. The molecule has 0 aliphatic heterocycles. The molecule has 9 atom stereocenters. The fourth-order valence-electron chi connectivity index (χ4n) is 10.5. The van der Waals surface area contributed by atoms with Gasteiger partial charge in [-0.2, -0.15) is 0 Å². The van der Waals surface area contributed by atoms with E-state index in [-0.39, 0.29) is 12.1 Å². The summed E-state index contributed by atoms with van der Waals surface area (Å²) in [7, 11) is 0. The van der Waals surface area contributed by atoms with Crippen molar-refractivity contribution in [3.63, 3.8) is 0 Å². The highest BCUT2D eigenvalue weighted by atomic mass is 16.5. The van der Waals surface area contributed by atoms with Crippen molar-refractivity contribution in [1.82, 2.24) is 0 Å². The van der Waals surface area contributed by atoms with E-state index in [1.54, 1.807) is 6.92 Å². The zero-order valence-electron chi connectivity index (χ0n) is 21.1. The zero-order chi connectivity index (χ0) is 22.0. The van der Waals surface area contributed by atoms with E-state index < -0.39 is 0 Å². The molecule has 176 valence electrons. The molecule has 2 nitrogen and oxygen atoms in total. The van der Waals surface area contributed by atoms with Crippen LogP contribution in [-0.4, -0.2) is 12.1 Å². The van der Waals surface area contributed by atoms with Crippen molar-refractivity contribution in [2.45, 2.75) is 124 Å². The van der Waals surface area contributed by atoms with Gasteiger partial charge in [0, 0.05) is 6.92 Å². The summed E-state index contributed by atoms with van der Waals surface area (Å²) in [6, 6.07) is 0. The normalized spacial score (nSPS) is 48.9. The van der Waals surface area contributed by atoms with Gasteiger partial charge in [-0.25, -0.2) is 0 Å². The predicted octanol–water partition coefficient (Wildman–Crippen LogP) is 7.79. The number of esters is 1. The monoisotopic (exact) mass is 428 g/mol. The van der Waals surface area contributed by atoms with Crippen LogP contribution < -0.4 is 0 Å². The third-order valence-electron chi connectivity index (χ3n) is 11.8. The Morgan fingerprint density at radius 3 is 2.45 bits per heavy atom. The highest BCUT2D eigenvalue weighted by molar-refractivity contribution is 5.66. The van der Waals surface area contributed by atoms with Gasteiger partial charge < -0.3 is 4.74 Å². The van der Waals surface area contributed by atoms with Crippen LogP contribution in [-0.2, 0) is 9.53 Å². The Bertz CT molecular complexity index is 699. The second-order valence-electron chi connectivity index (χ2n) is 13.5. The number of ether oxygens (including phenoxy) is 1. The van der Waals surface area contributed by atoms with Crippen LogP contribution in [0.2, 0.25) is 0 Å². The molecule has 31 heavy (non-hydrogen) atoms. The van der Waals surface area contributed by atoms with E-state index in [4.69, 9.17) is 4.74 Å². The van der Waals surface area contributed by atoms with Crippen molar-refractivity contribution in [3.05, 3.63) is 0 Å². The van der Waals surface area contributed by atoms with Gasteiger partial charge in [0.25, 0.3) is 0 Å². The Hall–Kier alpha value is -0.530. The summed E-state index contributed by atoms with van der Waals surface area (Å²) in [4.78, 5) is 11.5. The molecule has 0 unspecified atom stereocenters. The van der Waals surface area contributed by atoms with Gasteiger partial charge in [-0.05, 0) is 116 Å². The largest absolute Gasteiger partial charge is 0.463 e. The summed E-state index contributed by atoms with van der Waals surface area (Å²) in [6.45, 7) is 11.6. The van der Waals surface area contributed by atoms with Crippen LogP contribution >= 0.6 is 0 Å². The minimum atomic E-state index is -0.0758. The first-order chi connectivity index (χ1) is 14.7. The third-order valence-corrected chi connectivity index (χ3v) is 11.8. The summed E-state index contributed by atoms with van der Waals surface area (Å²) in [5.41, 5.74) is 1.92. The Labute approximate surface area is 191 Å². The topological polar surface area (TPSA) is 26.3 Å².